The van der Waals surface area contributed by atoms with Gasteiger partial charge in [0, 0.05) is 22.2 Å². The third kappa shape index (κ3) is 4.33. The topological polar surface area (TPSA) is 61.8 Å². The van der Waals surface area contributed by atoms with Gasteiger partial charge in [0.1, 0.15) is 0 Å². The molecule has 4 aromatic carbocycles. The van der Waals surface area contributed by atoms with Crippen molar-refractivity contribution in [1.29, 1.82) is 0 Å². The predicted octanol–water partition coefficient (Wildman–Crippen LogP) is 5.74. The maximum absolute atomic E-state index is 13.0. The molecule has 0 saturated carbocycles. The molecule has 1 aliphatic rings. The van der Waals surface area contributed by atoms with Crippen molar-refractivity contribution in [3.8, 4) is 0 Å². The van der Waals surface area contributed by atoms with E-state index < -0.39 is 0 Å². The van der Waals surface area contributed by atoms with Crippen LogP contribution >= 0.6 is 0 Å². The maximum Gasteiger partial charge on any atom is 0.271 e. The molecule has 1 aliphatic heterocycles. The fraction of sp³-hybridized carbons (Fsp3) is 0.138. The third-order valence-corrected chi connectivity index (χ3v) is 6.17. The second kappa shape index (κ2) is 9.32. The van der Waals surface area contributed by atoms with E-state index in [-0.39, 0.29) is 11.8 Å². The van der Waals surface area contributed by atoms with E-state index in [1.54, 1.807) is 17.0 Å². The fourth-order valence-corrected chi connectivity index (χ4v) is 4.32. The molecule has 0 saturated heterocycles. The zero-order chi connectivity index (χ0) is 23.5. The molecular formula is C29H25N3O2. The Bertz CT molecular complexity index is 1390. The van der Waals surface area contributed by atoms with Gasteiger partial charge in [0.2, 0.25) is 0 Å². The van der Waals surface area contributed by atoms with Crippen LogP contribution in [0, 0.1) is 0 Å². The fourth-order valence-electron chi connectivity index (χ4n) is 4.32. The molecule has 1 heterocycles. The summed E-state index contributed by atoms with van der Waals surface area (Å²) >= 11 is 0. The number of hydrogen-bond donors (Lipinski definition) is 1. The number of carbonyl (C=O) groups is 2. The van der Waals surface area contributed by atoms with Gasteiger partial charge in [-0.25, -0.2) is 5.43 Å². The average molecular weight is 448 g/mol. The van der Waals surface area contributed by atoms with Crippen LogP contribution in [-0.4, -0.2) is 17.5 Å². The van der Waals surface area contributed by atoms with Gasteiger partial charge in [-0.1, -0.05) is 66.7 Å². The van der Waals surface area contributed by atoms with Crippen molar-refractivity contribution in [2.24, 2.45) is 5.10 Å². The Hall–Kier alpha value is -4.25. The highest BCUT2D eigenvalue weighted by atomic mass is 16.2. The SMILES string of the molecule is C/C(CCc1ccccc1)=N/NC(=O)c1ccc(CN2C(=O)c3cccc4cccc2c34)cc1. The van der Waals surface area contributed by atoms with E-state index in [4.69, 9.17) is 0 Å². The van der Waals surface area contributed by atoms with Crippen LogP contribution in [0.25, 0.3) is 10.8 Å². The lowest BCUT2D eigenvalue weighted by atomic mass is 10.1. The number of anilines is 1. The smallest absolute Gasteiger partial charge is 0.271 e. The van der Waals surface area contributed by atoms with Crippen LogP contribution in [0.3, 0.4) is 0 Å². The van der Waals surface area contributed by atoms with Crippen LogP contribution < -0.4 is 10.3 Å². The lowest BCUT2D eigenvalue weighted by Gasteiger charge is -2.18. The molecule has 34 heavy (non-hydrogen) atoms. The molecule has 1 N–H and O–H groups in total. The van der Waals surface area contributed by atoms with Crippen molar-refractivity contribution < 1.29 is 9.59 Å². The lowest BCUT2D eigenvalue weighted by molar-refractivity contribution is 0.0952. The standard InChI is InChI=1S/C29H25N3O2/c1-20(13-14-21-7-3-2-4-8-21)30-31-28(33)24-17-15-22(16-18-24)19-32-26-12-6-10-23-9-5-11-25(27(23)26)29(32)34/h2-12,15-18H,13-14,19H2,1H3,(H,31,33)/b30-20-. The van der Waals surface area contributed by atoms with Gasteiger partial charge < -0.3 is 4.90 Å². The molecule has 0 fully saturated rings. The molecule has 2 amide bonds. The van der Waals surface area contributed by atoms with Crippen molar-refractivity contribution in [3.05, 3.63) is 113 Å². The Morgan fingerprint density at radius 3 is 2.35 bits per heavy atom. The van der Waals surface area contributed by atoms with E-state index >= 15 is 0 Å². The van der Waals surface area contributed by atoms with E-state index in [1.807, 2.05) is 73.7 Å². The van der Waals surface area contributed by atoms with Crippen LogP contribution in [0.4, 0.5) is 5.69 Å². The molecule has 4 aromatic rings. The van der Waals surface area contributed by atoms with Gasteiger partial charge in [-0.3, -0.25) is 9.59 Å². The first-order valence-electron chi connectivity index (χ1n) is 11.4. The van der Waals surface area contributed by atoms with E-state index in [0.29, 0.717) is 12.1 Å². The molecule has 0 aromatic heterocycles. The summed E-state index contributed by atoms with van der Waals surface area (Å²) in [5, 5.41) is 6.31. The second-order valence-corrected chi connectivity index (χ2v) is 8.54. The highest BCUT2D eigenvalue weighted by Crippen LogP contribution is 2.37. The molecule has 0 unspecified atom stereocenters. The van der Waals surface area contributed by atoms with E-state index in [2.05, 4.69) is 22.7 Å². The highest BCUT2D eigenvalue weighted by molar-refractivity contribution is 6.24. The number of aryl methyl sites for hydroxylation is 1. The van der Waals surface area contributed by atoms with Gasteiger partial charge in [0.05, 0.1) is 12.2 Å². The van der Waals surface area contributed by atoms with Crippen molar-refractivity contribution in [1.82, 2.24) is 5.43 Å². The number of amides is 2. The number of nitrogens with one attached hydrogen (secondary N) is 1. The summed E-state index contributed by atoms with van der Waals surface area (Å²) in [4.78, 5) is 27.3. The number of nitrogens with zero attached hydrogens (tertiary/aromatic N) is 2. The van der Waals surface area contributed by atoms with Crippen LogP contribution in [0.15, 0.2) is 96.1 Å². The average Bonchev–Trinajstić information content (AvgIpc) is 3.15. The van der Waals surface area contributed by atoms with E-state index in [0.717, 1.165) is 46.1 Å². The molecule has 0 bridgehead atoms. The van der Waals surface area contributed by atoms with E-state index in [1.165, 1.54) is 5.56 Å². The molecular weight excluding hydrogens is 422 g/mol. The minimum Gasteiger partial charge on any atom is -0.303 e. The quantitative estimate of drug-likeness (QED) is 0.290. The Balaban J connectivity index is 1.22. The van der Waals surface area contributed by atoms with Gasteiger partial charge in [0.15, 0.2) is 0 Å². The van der Waals surface area contributed by atoms with Gasteiger partial charge in [-0.15, -0.1) is 0 Å². The summed E-state index contributed by atoms with van der Waals surface area (Å²) < 4.78 is 0. The first-order chi connectivity index (χ1) is 16.6. The van der Waals surface area contributed by atoms with Crippen molar-refractivity contribution in [3.63, 3.8) is 0 Å². The van der Waals surface area contributed by atoms with Crippen LogP contribution in [0.5, 0.6) is 0 Å². The van der Waals surface area contributed by atoms with Gasteiger partial charge in [0.25, 0.3) is 11.8 Å². The van der Waals surface area contributed by atoms with Crippen LogP contribution in [0.1, 0.15) is 45.2 Å². The Labute approximate surface area is 198 Å². The van der Waals surface area contributed by atoms with Crippen molar-refractivity contribution in [2.75, 3.05) is 4.90 Å². The number of hydrogen-bond acceptors (Lipinski definition) is 3. The third-order valence-electron chi connectivity index (χ3n) is 6.17. The normalized spacial score (nSPS) is 12.9. The van der Waals surface area contributed by atoms with E-state index in [9.17, 15) is 9.59 Å². The molecule has 5 heteroatoms. The summed E-state index contributed by atoms with van der Waals surface area (Å²) in [6.07, 6.45) is 1.66. The predicted molar refractivity (Wildman–Crippen MR) is 136 cm³/mol. The monoisotopic (exact) mass is 447 g/mol. The number of hydrazone groups is 1. The Morgan fingerprint density at radius 1 is 0.853 bits per heavy atom. The van der Waals surface area contributed by atoms with Crippen molar-refractivity contribution in [2.45, 2.75) is 26.3 Å². The van der Waals surface area contributed by atoms with Gasteiger partial charge in [-0.05, 0) is 60.5 Å². The zero-order valence-electron chi connectivity index (χ0n) is 19.0. The first-order valence-corrected chi connectivity index (χ1v) is 11.4. The maximum atomic E-state index is 13.0. The van der Waals surface area contributed by atoms with Crippen LogP contribution in [-0.2, 0) is 13.0 Å². The molecule has 0 atom stereocenters. The number of carbonyl (C=O) groups excluding carboxylic acids is 2. The first kappa shape index (κ1) is 21.6. The van der Waals surface area contributed by atoms with Crippen LogP contribution in [0.2, 0.25) is 0 Å². The summed E-state index contributed by atoms with van der Waals surface area (Å²) in [5.74, 6) is -0.242. The summed E-state index contributed by atoms with van der Waals surface area (Å²) in [6.45, 7) is 2.36. The molecule has 0 spiro atoms. The summed E-state index contributed by atoms with van der Waals surface area (Å²) in [6, 6.07) is 29.3. The molecule has 0 radical (unpaired) electrons. The summed E-state index contributed by atoms with van der Waals surface area (Å²) in [5.41, 5.74) is 7.92. The van der Waals surface area contributed by atoms with Gasteiger partial charge >= 0.3 is 0 Å². The minimum atomic E-state index is -0.250. The minimum absolute atomic E-state index is 0.00827. The molecule has 168 valence electrons. The Morgan fingerprint density at radius 2 is 1.59 bits per heavy atom. The number of benzene rings is 4. The Kier molecular flexibility index (Phi) is 5.91. The highest BCUT2D eigenvalue weighted by Gasteiger charge is 2.29. The molecule has 5 nitrogen and oxygen atoms in total. The lowest BCUT2D eigenvalue weighted by Crippen LogP contribution is -2.26. The second-order valence-electron chi connectivity index (χ2n) is 8.54. The number of rotatable bonds is 7. The molecule has 5 rings (SSSR count). The largest absolute Gasteiger partial charge is 0.303 e. The van der Waals surface area contributed by atoms with Gasteiger partial charge in [-0.2, -0.15) is 5.10 Å². The zero-order valence-corrected chi connectivity index (χ0v) is 19.0. The summed E-state index contributed by atoms with van der Waals surface area (Å²) in [7, 11) is 0. The molecule has 0 aliphatic carbocycles. The van der Waals surface area contributed by atoms with Crippen molar-refractivity contribution >= 4 is 34.0 Å².